The highest BCUT2D eigenvalue weighted by atomic mass is 16.4. The van der Waals surface area contributed by atoms with Crippen LogP contribution in [0.15, 0.2) is 30.3 Å². The van der Waals surface area contributed by atoms with Crippen LogP contribution in [0.1, 0.15) is 43.9 Å². The lowest BCUT2D eigenvalue weighted by atomic mass is 9.97. The summed E-state index contributed by atoms with van der Waals surface area (Å²) in [5, 5.41) is 12.5. The van der Waals surface area contributed by atoms with Gasteiger partial charge in [-0.15, -0.1) is 0 Å². The van der Waals surface area contributed by atoms with Crippen LogP contribution in [-0.2, 0) is 4.79 Å². The molecular formula is C20H26N4O2. The molecule has 0 amide bonds. The highest BCUT2D eigenvalue weighted by Crippen LogP contribution is 2.27. The number of rotatable bonds is 5. The van der Waals surface area contributed by atoms with Crippen molar-refractivity contribution in [1.29, 1.82) is 0 Å². The van der Waals surface area contributed by atoms with Crippen LogP contribution >= 0.6 is 0 Å². The van der Waals surface area contributed by atoms with Gasteiger partial charge in [-0.05, 0) is 37.3 Å². The third-order valence-electron chi connectivity index (χ3n) is 4.84. The van der Waals surface area contributed by atoms with Crippen molar-refractivity contribution in [2.75, 3.05) is 23.3 Å². The van der Waals surface area contributed by atoms with Crippen molar-refractivity contribution >= 4 is 23.4 Å². The average Bonchev–Trinajstić information content (AvgIpc) is 2.61. The van der Waals surface area contributed by atoms with Crippen LogP contribution in [0.4, 0.5) is 17.5 Å². The molecule has 1 aromatic heterocycles. The number of carboxylic acids is 1. The van der Waals surface area contributed by atoms with Crippen LogP contribution in [0.5, 0.6) is 0 Å². The summed E-state index contributed by atoms with van der Waals surface area (Å²) in [6.07, 6.45) is 1.30. The zero-order valence-corrected chi connectivity index (χ0v) is 15.6. The molecule has 2 aromatic rings. The summed E-state index contributed by atoms with van der Waals surface area (Å²) in [6.45, 7) is 7.69. The smallest absolute Gasteiger partial charge is 0.306 e. The fraction of sp³-hybridized carbons (Fsp3) is 0.450. The Kier molecular flexibility index (Phi) is 5.40. The Morgan fingerprint density at radius 3 is 2.58 bits per heavy atom. The van der Waals surface area contributed by atoms with Crippen molar-refractivity contribution in [3.63, 3.8) is 0 Å². The molecule has 6 nitrogen and oxygen atoms in total. The van der Waals surface area contributed by atoms with Gasteiger partial charge in [0.25, 0.3) is 0 Å². The van der Waals surface area contributed by atoms with E-state index in [0.717, 1.165) is 17.2 Å². The lowest BCUT2D eigenvalue weighted by Crippen LogP contribution is -2.36. The van der Waals surface area contributed by atoms with E-state index in [9.17, 15) is 4.79 Å². The Bertz CT molecular complexity index is 783. The molecule has 0 unspecified atom stereocenters. The Hall–Kier alpha value is -2.63. The van der Waals surface area contributed by atoms with Gasteiger partial charge in [0.15, 0.2) is 0 Å². The molecule has 2 heterocycles. The molecule has 0 saturated carbocycles. The summed E-state index contributed by atoms with van der Waals surface area (Å²) in [7, 11) is 0. The number of carboxylic acid groups (broad SMARTS) is 1. The highest BCUT2D eigenvalue weighted by Gasteiger charge is 2.25. The van der Waals surface area contributed by atoms with Gasteiger partial charge in [0.05, 0.1) is 5.92 Å². The third-order valence-corrected chi connectivity index (χ3v) is 4.84. The molecule has 2 N–H and O–H groups in total. The quantitative estimate of drug-likeness (QED) is 0.846. The molecule has 1 saturated heterocycles. The molecular weight excluding hydrogens is 328 g/mol. The number of hydrogen-bond acceptors (Lipinski definition) is 5. The summed E-state index contributed by atoms with van der Waals surface area (Å²) in [5.74, 6) is 0.887. The maximum absolute atomic E-state index is 11.1. The van der Waals surface area contributed by atoms with Gasteiger partial charge >= 0.3 is 5.97 Å². The number of anilines is 3. The second-order valence-corrected chi connectivity index (χ2v) is 7.16. The Morgan fingerprint density at radius 1 is 1.23 bits per heavy atom. The number of carbonyl (C=O) groups is 1. The molecule has 1 aliphatic rings. The van der Waals surface area contributed by atoms with Gasteiger partial charge in [-0.3, -0.25) is 4.79 Å². The van der Waals surface area contributed by atoms with Crippen molar-refractivity contribution in [1.82, 2.24) is 9.97 Å². The molecule has 1 aliphatic heterocycles. The largest absolute Gasteiger partial charge is 0.481 e. The Balaban J connectivity index is 1.80. The fourth-order valence-electron chi connectivity index (χ4n) is 3.36. The van der Waals surface area contributed by atoms with E-state index in [0.29, 0.717) is 37.8 Å². The van der Waals surface area contributed by atoms with Gasteiger partial charge in [-0.2, -0.15) is 4.98 Å². The minimum Gasteiger partial charge on any atom is -0.481 e. The molecule has 0 bridgehead atoms. The van der Waals surface area contributed by atoms with E-state index in [2.05, 4.69) is 40.1 Å². The lowest BCUT2D eigenvalue weighted by molar-refractivity contribution is -0.142. The average molecular weight is 354 g/mol. The minimum atomic E-state index is -0.698. The number of para-hydroxylation sites is 1. The molecule has 1 fully saturated rings. The number of aromatic nitrogens is 2. The first-order valence-electron chi connectivity index (χ1n) is 9.13. The van der Waals surface area contributed by atoms with Crippen LogP contribution in [0.2, 0.25) is 0 Å². The summed E-state index contributed by atoms with van der Waals surface area (Å²) < 4.78 is 0. The second kappa shape index (κ2) is 7.72. The molecule has 0 atom stereocenters. The third kappa shape index (κ3) is 4.12. The van der Waals surface area contributed by atoms with E-state index in [4.69, 9.17) is 5.11 Å². The Labute approximate surface area is 154 Å². The van der Waals surface area contributed by atoms with E-state index >= 15 is 0 Å². The highest BCUT2D eigenvalue weighted by molar-refractivity contribution is 5.70. The lowest BCUT2D eigenvalue weighted by Gasteiger charge is -2.31. The van der Waals surface area contributed by atoms with Crippen molar-refractivity contribution in [3.8, 4) is 0 Å². The van der Waals surface area contributed by atoms with E-state index in [-0.39, 0.29) is 5.92 Å². The maximum atomic E-state index is 11.1. The molecule has 26 heavy (non-hydrogen) atoms. The van der Waals surface area contributed by atoms with Crippen LogP contribution in [0, 0.1) is 12.8 Å². The van der Waals surface area contributed by atoms with E-state index in [1.807, 2.05) is 31.2 Å². The number of piperidine rings is 1. The number of nitrogens with zero attached hydrogens (tertiary/aromatic N) is 3. The van der Waals surface area contributed by atoms with Gasteiger partial charge < -0.3 is 15.3 Å². The summed E-state index contributed by atoms with van der Waals surface area (Å²) in [5.41, 5.74) is 3.13. The first kappa shape index (κ1) is 18.2. The second-order valence-electron chi connectivity index (χ2n) is 7.16. The predicted molar refractivity (Wildman–Crippen MR) is 103 cm³/mol. The fourth-order valence-corrected chi connectivity index (χ4v) is 3.36. The number of aliphatic carboxylic acids is 1. The molecule has 0 aliphatic carbocycles. The molecule has 0 spiro atoms. The van der Waals surface area contributed by atoms with Crippen molar-refractivity contribution in [2.45, 2.75) is 39.5 Å². The van der Waals surface area contributed by atoms with Crippen LogP contribution in [0.25, 0.3) is 0 Å². The topological polar surface area (TPSA) is 78.4 Å². The van der Waals surface area contributed by atoms with Gasteiger partial charge in [0, 0.05) is 30.5 Å². The molecule has 3 rings (SSSR count). The SMILES string of the molecule is Cc1cc(N2CCC(C(=O)O)CC2)nc(Nc2ccccc2C(C)C)n1. The number of nitrogens with one attached hydrogen (secondary N) is 1. The first-order chi connectivity index (χ1) is 12.4. The number of benzene rings is 1. The van der Waals surface area contributed by atoms with Gasteiger partial charge in [-0.25, -0.2) is 4.98 Å². The number of hydrogen-bond donors (Lipinski definition) is 2. The standard InChI is InChI=1S/C20H26N4O2/c1-13(2)16-6-4-5-7-17(16)22-20-21-14(3)12-18(23-20)24-10-8-15(9-11-24)19(25)26/h4-7,12-13,15H,8-11H2,1-3H3,(H,25,26)(H,21,22,23). The normalized spacial score (nSPS) is 15.3. The van der Waals surface area contributed by atoms with Crippen LogP contribution < -0.4 is 10.2 Å². The number of aryl methyl sites for hydroxylation is 1. The molecule has 138 valence electrons. The van der Waals surface area contributed by atoms with Gasteiger partial charge in [0.2, 0.25) is 5.95 Å². The monoisotopic (exact) mass is 354 g/mol. The molecule has 1 aromatic carbocycles. The predicted octanol–water partition coefficient (Wildman–Crippen LogP) is 3.95. The van der Waals surface area contributed by atoms with Crippen molar-refractivity contribution in [3.05, 3.63) is 41.6 Å². The van der Waals surface area contributed by atoms with Crippen LogP contribution in [0.3, 0.4) is 0 Å². The zero-order valence-electron chi connectivity index (χ0n) is 15.6. The summed E-state index contributed by atoms with van der Waals surface area (Å²) in [4.78, 5) is 22.5. The van der Waals surface area contributed by atoms with E-state index in [1.165, 1.54) is 5.56 Å². The Morgan fingerprint density at radius 2 is 1.92 bits per heavy atom. The van der Waals surface area contributed by atoms with Gasteiger partial charge in [0.1, 0.15) is 5.82 Å². The van der Waals surface area contributed by atoms with Gasteiger partial charge in [-0.1, -0.05) is 32.0 Å². The zero-order chi connectivity index (χ0) is 18.7. The van der Waals surface area contributed by atoms with Crippen molar-refractivity contribution in [2.24, 2.45) is 5.92 Å². The van der Waals surface area contributed by atoms with E-state index in [1.54, 1.807) is 0 Å². The first-order valence-corrected chi connectivity index (χ1v) is 9.13. The summed E-state index contributed by atoms with van der Waals surface area (Å²) >= 11 is 0. The minimum absolute atomic E-state index is 0.246. The van der Waals surface area contributed by atoms with Crippen molar-refractivity contribution < 1.29 is 9.90 Å². The van der Waals surface area contributed by atoms with Crippen LogP contribution in [-0.4, -0.2) is 34.1 Å². The molecule has 6 heteroatoms. The van der Waals surface area contributed by atoms with E-state index < -0.39 is 5.97 Å². The summed E-state index contributed by atoms with van der Waals surface area (Å²) in [6, 6.07) is 10.2. The maximum Gasteiger partial charge on any atom is 0.306 e. The molecule has 0 radical (unpaired) electrons.